The number of hydrogen-bond donors (Lipinski definition) is 1. The summed E-state index contributed by atoms with van der Waals surface area (Å²) in [5, 5.41) is 4.55. The van der Waals surface area contributed by atoms with Gasteiger partial charge in [0, 0.05) is 19.7 Å². The number of ether oxygens (including phenoxy) is 2. The molecule has 1 fully saturated rings. The van der Waals surface area contributed by atoms with E-state index in [4.69, 9.17) is 32.7 Å². The third kappa shape index (κ3) is 5.12. The lowest BCUT2D eigenvalue weighted by Crippen LogP contribution is -2.25. The Morgan fingerprint density at radius 2 is 2.00 bits per heavy atom. The Labute approximate surface area is 152 Å². The third-order valence-corrected chi connectivity index (χ3v) is 4.75. The molecule has 1 aliphatic rings. The van der Waals surface area contributed by atoms with Crippen LogP contribution in [0.1, 0.15) is 24.0 Å². The molecule has 1 N–H and O–H groups in total. The minimum atomic E-state index is 0.360. The lowest BCUT2D eigenvalue weighted by Gasteiger charge is -2.12. The van der Waals surface area contributed by atoms with Crippen LogP contribution in [-0.2, 0) is 17.9 Å². The average molecular weight is 366 g/mol. The van der Waals surface area contributed by atoms with Crippen molar-refractivity contribution in [3.8, 4) is 5.75 Å². The van der Waals surface area contributed by atoms with Gasteiger partial charge in [0.25, 0.3) is 0 Å². The molecule has 128 valence electrons. The Kier molecular flexibility index (Phi) is 6.38. The van der Waals surface area contributed by atoms with Gasteiger partial charge in [-0.1, -0.05) is 41.4 Å². The molecule has 2 aromatic rings. The molecular formula is C19H21Cl2NO2. The van der Waals surface area contributed by atoms with Crippen molar-refractivity contribution in [2.75, 3.05) is 13.2 Å². The number of nitrogens with one attached hydrogen (secondary N) is 1. The second-order valence-corrected chi connectivity index (χ2v) is 6.76. The van der Waals surface area contributed by atoms with E-state index >= 15 is 0 Å². The molecule has 1 unspecified atom stereocenters. The summed E-state index contributed by atoms with van der Waals surface area (Å²) >= 11 is 12.0. The van der Waals surface area contributed by atoms with Crippen molar-refractivity contribution >= 4 is 23.2 Å². The van der Waals surface area contributed by atoms with E-state index in [1.807, 2.05) is 24.3 Å². The van der Waals surface area contributed by atoms with Crippen LogP contribution in [0, 0.1) is 0 Å². The summed E-state index contributed by atoms with van der Waals surface area (Å²) < 4.78 is 11.5. The lowest BCUT2D eigenvalue weighted by molar-refractivity contribution is 0.110. The van der Waals surface area contributed by atoms with Crippen LogP contribution >= 0.6 is 23.2 Å². The quantitative estimate of drug-likeness (QED) is 0.761. The lowest BCUT2D eigenvalue weighted by atomic mass is 10.2. The fraction of sp³-hybridized carbons (Fsp3) is 0.368. The van der Waals surface area contributed by atoms with E-state index in [-0.39, 0.29) is 0 Å². The standard InChI is InChI=1S/C19H21Cl2NO2/c20-18-7-6-15(10-19(18)21)13-24-16-4-1-3-14(9-16)11-22-12-17-5-2-8-23-17/h1,3-4,6-7,9-10,17,22H,2,5,8,11-13H2. The highest BCUT2D eigenvalue weighted by atomic mass is 35.5. The van der Waals surface area contributed by atoms with Crippen molar-refractivity contribution in [2.24, 2.45) is 0 Å². The Morgan fingerprint density at radius 3 is 2.79 bits per heavy atom. The summed E-state index contributed by atoms with van der Waals surface area (Å²) in [7, 11) is 0. The molecule has 1 atom stereocenters. The van der Waals surface area contributed by atoms with Crippen LogP contribution < -0.4 is 10.1 Å². The van der Waals surface area contributed by atoms with Crippen molar-refractivity contribution in [3.63, 3.8) is 0 Å². The minimum absolute atomic E-state index is 0.360. The highest BCUT2D eigenvalue weighted by Gasteiger charge is 2.14. The topological polar surface area (TPSA) is 30.5 Å². The van der Waals surface area contributed by atoms with Gasteiger partial charge in [-0.2, -0.15) is 0 Å². The predicted octanol–water partition coefficient (Wildman–Crippen LogP) is 4.84. The molecule has 5 heteroatoms. The summed E-state index contributed by atoms with van der Waals surface area (Å²) in [6.07, 6.45) is 2.68. The molecular weight excluding hydrogens is 345 g/mol. The van der Waals surface area contributed by atoms with Gasteiger partial charge in [-0.15, -0.1) is 0 Å². The van der Waals surface area contributed by atoms with Gasteiger partial charge in [-0.25, -0.2) is 0 Å². The molecule has 3 nitrogen and oxygen atoms in total. The number of hydrogen-bond acceptors (Lipinski definition) is 3. The van der Waals surface area contributed by atoms with Crippen molar-refractivity contribution < 1.29 is 9.47 Å². The van der Waals surface area contributed by atoms with E-state index in [0.717, 1.165) is 37.4 Å². The van der Waals surface area contributed by atoms with Gasteiger partial charge in [0.1, 0.15) is 12.4 Å². The van der Waals surface area contributed by atoms with Crippen molar-refractivity contribution in [1.82, 2.24) is 5.32 Å². The normalized spacial score (nSPS) is 17.2. The van der Waals surface area contributed by atoms with Crippen LogP contribution in [0.15, 0.2) is 42.5 Å². The highest BCUT2D eigenvalue weighted by Crippen LogP contribution is 2.23. The summed E-state index contributed by atoms with van der Waals surface area (Å²) in [5.41, 5.74) is 2.19. The molecule has 0 amide bonds. The molecule has 24 heavy (non-hydrogen) atoms. The fourth-order valence-electron chi connectivity index (χ4n) is 2.72. The summed E-state index contributed by atoms with van der Waals surface area (Å²) in [6, 6.07) is 13.6. The van der Waals surface area contributed by atoms with Crippen molar-refractivity contribution in [3.05, 3.63) is 63.6 Å². The van der Waals surface area contributed by atoms with Crippen LogP contribution in [0.3, 0.4) is 0 Å². The van der Waals surface area contributed by atoms with Gasteiger partial charge in [-0.05, 0) is 48.2 Å². The first-order valence-electron chi connectivity index (χ1n) is 8.19. The van der Waals surface area contributed by atoms with Crippen LogP contribution in [0.4, 0.5) is 0 Å². The zero-order valence-electron chi connectivity index (χ0n) is 13.4. The maximum absolute atomic E-state index is 6.03. The molecule has 0 bridgehead atoms. The molecule has 0 aliphatic carbocycles. The van der Waals surface area contributed by atoms with E-state index in [1.54, 1.807) is 6.07 Å². The van der Waals surface area contributed by atoms with E-state index in [9.17, 15) is 0 Å². The second kappa shape index (κ2) is 8.72. The van der Waals surface area contributed by atoms with E-state index in [2.05, 4.69) is 17.4 Å². The molecule has 0 saturated carbocycles. The Balaban J connectivity index is 1.49. The molecule has 0 radical (unpaired) electrons. The van der Waals surface area contributed by atoms with Crippen LogP contribution in [0.2, 0.25) is 10.0 Å². The number of halogens is 2. The fourth-order valence-corrected chi connectivity index (χ4v) is 3.04. The first kappa shape index (κ1) is 17.6. The van der Waals surface area contributed by atoms with Gasteiger partial charge >= 0.3 is 0 Å². The molecule has 0 aromatic heterocycles. The summed E-state index contributed by atoms with van der Waals surface area (Å²) in [6.45, 7) is 3.06. The van der Waals surface area contributed by atoms with Crippen LogP contribution in [0.25, 0.3) is 0 Å². The third-order valence-electron chi connectivity index (χ3n) is 4.01. The first-order valence-corrected chi connectivity index (χ1v) is 8.94. The number of rotatable bonds is 7. The van der Waals surface area contributed by atoms with Gasteiger partial charge in [-0.3, -0.25) is 0 Å². The number of benzene rings is 2. The van der Waals surface area contributed by atoms with Gasteiger partial charge in [0.15, 0.2) is 0 Å². The molecule has 1 aliphatic heterocycles. The SMILES string of the molecule is Clc1ccc(COc2cccc(CNCC3CCCO3)c2)cc1Cl. The van der Waals surface area contributed by atoms with E-state index in [1.165, 1.54) is 12.0 Å². The van der Waals surface area contributed by atoms with Crippen LogP contribution in [-0.4, -0.2) is 19.3 Å². The smallest absolute Gasteiger partial charge is 0.120 e. The molecule has 1 saturated heterocycles. The van der Waals surface area contributed by atoms with Crippen LogP contribution in [0.5, 0.6) is 5.75 Å². The molecule has 2 aromatic carbocycles. The maximum Gasteiger partial charge on any atom is 0.120 e. The Morgan fingerprint density at radius 1 is 1.08 bits per heavy atom. The minimum Gasteiger partial charge on any atom is -0.489 e. The predicted molar refractivity (Wildman–Crippen MR) is 97.9 cm³/mol. The zero-order chi connectivity index (χ0) is 16.8. The van der Waals surface area contributed by atoms with E-state index < -0.39 is 0 Å². The Bertz CT molecular complexity index is 672. The van der Waals surface area contributed by atoms with Gasteiger partial charge in [0.2, 0.25) is 0 Å². The monoisotopic (exact) mass is 365 g/mol. The highest BCUT2D eigenvalue weighted by molar-refractivity contribution is 6.42. The van der Waals surface area contributed by atoms with Gasteiger partial charge < -0.3 is 14.8 Å². The summed E-state index contributed by atoms with van der Waals surface area (Å²) in [5.74, 6) is 0.845. The molecule has 3 rings (SSSR count). The maximum atomic E-state index is 6.03. The van der Waals surface area contributed by atoms with Crippen molar-refractivity contribution in [1.29, 1.82) is 0 Å². The van der Waals surface area contributed by atoms with Gasteiger partial charge in [0.05, 0.1) is 16.1 Å². The van der Waals surface area contributed by atoms with Crippen molar-refractivity contribution in [2.45, 2.75) is 32.1 Å². The summed E-state index contributed by atoms with van der Waals surface area (Å²) in [4.78, 5) is 0. The Hall–Kier alpha value is -1.26. The van der Waals surface area contributed by atoms with E-state index in [0.29, 0.717) is 22.8 Å². The average Bonchev–Trinajstić information content (AvgIpc) is 3.10. The first-order chi connectivity index (χ1) is 11.7. The molecule has 0 spiro atoms. The second-order valence-electron chi connectivity index (χ2n) is 5.95. The zero-order valence-corrected chi connectivity index (χ0v) is 14.9. The molecule has 1 heterocycles. The largest absolute Gasteiger partial charge is 0.489 e.